The molecule has 0 radical (unpaired) electrons. The highest BCUT2D eigenvalue weighted by Gasteiger charge is 2.16. The molecule has 0 saturated carbocycles. The summed E-state index contributed by atoms with van der Waals surface area (Å²) < 4.78 is 32.9. The molecule has 0 fully saturated rings. The number of benzene rings is 2. The van der Waals surface area contributed by atoms with Gasteiger partial charge in [0.05, 0.1) is 5.39 Å². The Hall–Kier alpha value is -3.06. The quantitative estimate of drug-likeness (QED) is 0.525. The van der Waals surface area contributed by atoms with Crippen molar-refractivity contribution in [1.29, 1.82) is 0 Å². The van der Waals surface area contributed by atoms with E-state index in [1.165, 1.54) is 41.9 Å². The van der Waals surface area contributed by atoms with Crippen LogP contribution in [0.5, 0.6) is 11.6 Å². The van der Waals surface area contributed by atoms with Crippen molar-refractivity contribution in [3.8, 4) is 22.8 Å². The van der Waals surface area contributed by atoms with Gasteiger partial charge in [0.25, 0.3) is 0 Å². The third-order valence-electron chi connectivity index (χ3n) is 3.65. The van der Waals surface area contributed by atoms with Crippen molar-refractivity contribution in [3.05, 3.63) is 65.8 Å². The Morgan fingerprint density at radius 1 is 1.00 bits per heavy atom. The van der Waals surface area contributed by atoms with E-state index in [9.17, 15) is 8.78 Å². The van der Waals surface area contributed by atoms with E-state index in [2.05, 4.69) is 9.97 Å². The minimum absolute atomic E-state index is 0.0189. The van der Waals surface area contributed by atoms with Gasteiger partial charge in [0.15, 0.2) is 11.6 Å². The highest BCUT2D eigenvalue weighted by Crippen LogP contribution is 2.39. The molecule has 0 atom stereocenters. The van der Waals surface area contributed by atoms with Gasteiger partial charge in [-0.1, -0.05) is 12.1 Å². The first-order chi connectivity index (χ1) is 12.1. The molecule has 0 unspecified atom stereocenters. The molecule has 124 valence electrons. The van der Waals surface area contributed by atoms with Crippen molar-refractivity contribution < 1.29 is 13.5 Å². The van der Waals surface area contributed by atoms with Gasteiger partial charge in [0, 0.05) is 22.7 Å². The number of fused-ring (bicyclic) bond motifs is 1. The van der Waals surface area contributed by atoms with Crippen molar-refractivity contribution in [2.24, 2.45) is 0 Å². The summed E-state index contributed by atoms with van der Waals surface area (Å²) >= 11 is 1.41. The fourth-order valence-corrected chi connectivity index (χ4v) is 3.38. The average molecular weight is 355 g/mol. The fraction of sp³-hybridized carbons (Fsp3) is 0. The summed E-state index contributed by atoms with van der Waals surface area (Å²) in [6, 6.07) is 10.3. The number of ether oxygens (including phenoxy) is 1. The number of hydrogen-bond donors (Lipinski definition) is 1. The van der Waals surface area contributed by atoms with Gasteiger partial charge in [-0.25, -0.2) is 18.7 Å². The van der Waals surface area contributed by atoms with Crippen LogP contribution in [-0.4, -0.2) is 9.97 Å². The molecule has 0 aliphatic rings. The Morgan fingerprint density at radius 3 is 2.56 bits per heavy atom. The number of halogens is 2. The lowest BCUT2D eigenvalue weighted by Gasteiger charge is -2.08. The van der Waals surface area contributed by atoms with Crippen LogP contribution in [0.2, 0.25) is 0 Å². The van der Waals surface area contributed by atoms with Gasteiger partial charge in [-0.2, -0.15) is 0 Å². The molecule has 2 aromatic heterocycles. The molecule has 2 heterocycles. The largest absolute Gasteiger partial charge is 0.435 e. The molecule has 2 N–H and O–H groups in total. The molecule has 4 aromatic rings. The van der Waals surface area contributed by atoms with E-state index in [1.54, 1.807) is 18.2 Å². The highest BCUT2D eigenvalue weighted by molar-refractivity contribution is 7.17. The first-order valence-electron chi connectivity index (χ1n) is 7.33. The molecule has 4 rings (SSSR count). The van der Waals surface area contributed by atoms with Crippen molar-refractivity contribution in [2.45, 2.75) is 0 Å². The van der Waals surface area contributed by atoms with Gasteiger partial charge in [-0.05, 0) is 29.8 Å². The smallest absolute Gasteiger partial charge is 0.231 e. The summed E-state index contributed by atoms with van der Waals surface area (Å²) in [6.45, 7) is 0. The summed E-state index contributed by atoms with van der Waals surface area (Å²) in [4.78, 5) is 9.06. The van der Waals surface area contributed by atoms with Crippen LogP contribution in [0.25, 0.3) is 21.3 Å². The zero-order valence-electron chi connectivity index (χ0n) is 12.7. The van der Waals surface area contributed by atoms with E-state index in [0.717, 1.165) is 11.1 Å². The molecule has 0 aliphatic carbocycles. The van der Waals surface area contributed by atoms with Crippen LogP contribution in [0.15, 0.2) is 54.2 Å². The number of aromatic nitrogens is 2. The summed E-state index contributed by atoms with van der Waals surface area (Å²) in [5, 5.41) is 2.54. The Bertz CT molecular complexity index is 1060. The maximum atomic E-state index is 14.0. The average Bonchev–Trinajstić information content (AvgIpc) is 3.03. The van der Waals surface area contributed by atoms with E-state index in [1.807, 2.05) is 5.38 Å². The molecule has 25 heavy (non-hydrogen) atoms. The Balaban J connectivity index is 1.84. The highest BCUT2D eigenvalue weighted by atomic mass is 32.1. The van der Waals surface area contributed by atoms with Gasteiger partial charge in [-0.15, -0.1) is 11.3 Å². The van der Waals surface area contributed by atoms with Gasteiger partial charge in [0.1, 0.15) is 17.0 Å². The van der Waals surface area contributed by atoms with Crippen LogP contribution in [-0.2, 0) is 0 Å². The lowest BCUT2D eigenvalue weighted by Crippen LogP contribution is -1.94. The Kier molecular flexibility index (Phi) is 3.77. The van der Waals surface area contributed by atoms with E-state index in [0.29, 0.717) is 15.9 Å². The summed E-state index contributed by atoms with van der Waals surface area (Å²) in [6.07, 6.45) is 1.36. The first-order valence-corrected chi connectivity index (χ1v) is 8.21. The zero-order valence-corrected chi connectivity index (χ0v) is 13.6. The van der Waals surface area contributed by atoms with Crippen LogP contribution in [0.3, 0.4) is 0 Å². The maximum absolute atomic E-state index is 14.0. The van der Waals surface area contributed by atoms with Gasteiger partial charge >= 0.3 is 0 Å². The minimum Gasteiger partial charge on any atom is -0.435 e. The third kappa shape index (κ3) is 2.89. The predicted molar refractivity (Wildman–Crippen MR) is 93.7 cm³/mol. The monoisotopic (exact) mass is 355 g/mol. The molecule has 7 heteroatoms. The van der Waals surface area contributed by atoms with Crippen LogP contribution in [0.4, 0.5) is 14.5 Å². The van der Waals surface area contributed by atoms with E-state index >= 15 is 0 Å². The normalized spacial score (nSPS) is 11.0. The molecular formula is C18H11F2N3OS. The van der Waals surface area contributed by atoms with Crippen molar-refractivity contribution in [1.82, 2.24) is 9.97 Å². The van der Waals surface area contributed by atoms with Crippen LogP contribution < -0.4 is 10.5 Å². The summed E-state index contributed by atoms with van der Waals surface area (Å²) in [7, 11) is 0. The number of rotatable bonds is 3. The molecule has 0 amide bonds. The van der Waals surface area contributed by atoms with Crippen molar-refractivity contribution >= 4 is 27.2 Å². The number of thiophene rings is 1. The number of nitrogen functional groups attached to an aromatic ring is 1. The molecule has 0 spiro atoms. The van der Waals surface area contributed by atoms with Gasteiger partial charge < -0.3 is 10.5 Å². The summed E-state index contributed by atoms with van der Waals surface area (Å²) in [5.41, 5.74) is 7.46. The van der Waals surface area contributed by atoms with E-state index < -0.39 is 5.82 Å². The van der Waals surface area contributed by atoms with Crippen LogP contribution in [0.1, 0.15) is 0 Å². The van der Waals surface area contributed by atoms with Gasteiger partial charge in [0.2, 0.25) is 5.88 Å². The van der Waals surface area contributed by atoms with Crippen LogP contribution in [0, 0.1) is 11.6 Å². The number of anilines is 1. The van der Waals surface area contributed by atoms with Gasteiger partial charge in [-0.3, -0.25) is 0 Å². The van der Waals surface area contributed by atoms with Crippen LogP contribution >= 0.6 is 11.3 Å². The number of nitrogens with zero attached hydrogens (tertiary/aromatic N) is 2. The Morgan fingerprint density at radius 2 is 1.80 bits per heavy atom. The number of hydrogen-bond acceptors (Lipinski definition) is 5. The maximum Gasteiger partial charge on any atom is 0.231 e. The van der Waals surface area contributed by atoms with Crippen molar-refractivity contribution in [2.75, 3.05) is 5.73 Å². The lowest BCUT2D eigenvalue weighted by atomic mass is 10.1. The SMILES string of the molecule is Nc1ccc(Oc2ncnc3scc(-c4ccc(F)cc4)c23)c(F)c1. The fourth-order valence-electron chi connectivity index (χ4n) is 2.47. The molecule has 2 aromatic carbocycles. The molecule has 0 saturated heterocycles. The molecule has 0 bridgehead atoms. The molecule has 0 aliphatic heterocycles. The predicted octanol–water partition coefficient (Wildman–Crippen LogP) is 5.01. The standard InChI is InChI=1S/C18H11F2N3OS/c19-11-3-1-10(2-4-11)13-8-25-18-16(13)17(22-9-23-18)24-15-6-5-12(21)7-14(15)20/h1-9H,21H2. The third-order valence-corrected chi connectivity index (χ3v) is 4.54. The lowest BCUT2D eigenvalue weighted by molar-refractivity contribution is 0.432. The van der Waals surface area contributed by atoms with E-state index in [4.69, 9.17) is 10.5 Å². The second-order valence-corrected chi connectivity index (χ2v) is 6.17. The topological polar surface area (TPSA) is 61.0 Å². The number of nitrogens with two attached hydrogens (primary N) is 1. The van der Waals surface area contributed by atoms with E-state index in [-0.39, 0.29) is 17.4 Å². The second-order valence-electron chi connectivity index (χ2n) is 5.31. The summed E-state index contributed by atoms with van der Waals surface area (Å²) in [5.74, 6) is -0.648. The first kappa shape index (κ1) is 15.5. The van der Waals surface area contributed by atoms with Crippen molar-refractivity contribution in [3.63, 3.8) is 0 Å². The molecular weight excluding hydrogens is 344 g/mol. The second kappa shape index (κ2) is 6.10. The molecule has 4 nitrogen and oxygen atoms in total. The minimum atomic E-state index is -0.578. The Labute approximate surface area is 145 Å². The zero-order chi connectivity index (χ0) is 17.4.